The van der Waals surface area contributed by atoms with Gasteiger partial charge in [-0.2, -0.15) is 0 Å². The van der Waals surface area contributed by atoms with Gasteiger partial charge >= 0.3 is 7.12 Å². The van der Waals surface area contributed by atoms with Crippen molar-refractivity contribution in [2.45, 2.75) is 45.3 Å². The number of allylic oxidation sites excluding steroid dienone is 3. The molecule has 22 heavy (non-hydrogen) atoms. The number of hydrogen-bond acceptors (Lipinski definition) is 3. The van der Waals surface area contributed by atoms with Gasteiger partial charge in [0.05, 0.1) is 17.8 Å². The summed E-state index contributed by atoms with van der Waals surface area (Å²) in [6.07, 6.45) is 8.42. The summed E-state index contributed by atoms with van der Waals surface area (Å²) in [4.78, 5) is 0. The van der Waals surface area contributed by atoms with Crippen molar-refractivity contribution < 1.29 is 14.4 Å². The molecular formula is C18H25BO3. The van der Waals surface area contributed by atoms with E-state index in [0.29, 0.717) is 0 Å². The van der Waals surface area contributed by atoms with Crippen LogP contribution < -0.4 is 5.46 Å². The fraction of sp³-hybridized carbons (Fsp3) is 0.444. The molecular weight excluding hydrogens is 275 g/mol. The van der Waals surface area contributed by atoms with Gasteiger partial charge in [-0.25, -0.2) is 0 Å². The average Bonchev–Trinajstić information content (AvgIpc) is 2.68. The number of hydrogen-bond donors (Lipinski definition) is 1. The second-order valence-corrected chi connectivity index (χ2v) is 6.57. The zero-order chi connectivity index (χ0) is 16.2. The van der Waals surface area contributed by atoms with E-state index in [9.17, 15) is 0 Å². The second-order valence-electron chi connectivity index (χ2n) is 6.57. The third-order valence-electron chi connectivity index (χ3n) is 4.35. The first-order chi connectivity index (χ1) is 10.4. The monoisotopic (exact) mass is 300 g/mol. The second kappa shape index (κ2) is 6.82. The topological polar surface area (TPSA) is 38.7 Å². The Balaban J connectivity index is 1.98. The molecule has 118 valence electrons. The molecule has 0 aliphatic carbocycles. The fourth-order valence-corrected chi connectivity index (χ4v) is 2.21. The Morgan fingerprint density at radius 3 is 2.05 bits per heavy atom. The lowest BCUT2D eigenvalue weighted by molar-refractivity contribution is 0.00578. The van der Waals surface area contributed by atoms with Crippen LogP contribution in [0.1, 0.15) is 33.3 Å². The molecule has 1 saturated heterocycles. The summed E-state index contributed by atoms with van der Waals surface area (Å²) in [5, 5.41) is 8.65. The molecule has 0 saturated carbocycles. The van der Waals surface area contributed by atoms with Gasteiger partial charge in [0.1, 0.15) is 0 Å². The molecule has 1 fully saturated rings. The maximum absolute atomic E-state index is 8.65. The van der Waals surface area contributed by atoms with Crippen LogP contribution in [-0.2, 0) is 15.7 Å². The van der Waals surface area contributed by atoms with Crippen LogP contribution in [0.15, 0.2) is 48.6 Å². The molecule has 0 bridgehead atoms. The summed E-state index contributed by atoms with van der Waals surface area (Å²) in [6, 6.07) is 8.32. The van der Waals surface area contributed by atoms with Crippen LogP contribution in [0.2, 0.25) is 0 Å². The Kier molecular flexibility index (Phi) is 5.27. The van der Waals surface area contributed by atoms with Crippen molar-refractivity contribution in [3.05, 3.63) is 54.1 Å². The molecule has 0 amide bonds. The molecule has 0 atom stereocenters. The number of benzene rings is 1. The summed E-state index contributed by atoms with van der Waals surface area (Å²) in [5.74, 6) is 0. The maximum Gasteiger partial charge on any atom is 0.494 e. The number of aliphatic hydroxyl groups excluding tert-OH is 1. The van der Waals surface area contributed by atoms with Gasteiger partial charge in [-0.1, -0.05) is 48.6 Å². The van der Waals surface area contributed by atoms with Crippen molar-refractivity contribution in [2.75, 3.05) is 6.61 Å². The summed E-state index contributed by atoms with van der Waals surface area (Å²) in [7, 11) is -0.304. The predicted molar refractivity (Wildman–Crippen MR) is 91.2 cm³/mol. The van der Waals surface area contributed by atoms with Crippen LogP contribution in [0.4, 0.5) is 0 Å². The van der Waals surface area contributed by atoms with Gasteiger partial charge in [-0.05, 0) is 45.1 Å². The Hall–Kier alpha value is -1.36. The highest BCUT2D eigenvalue weighted by Crippen LogP contribution is 2.36. The van der Waals surface area contributed by atoms with Gasteiger partial charge in [0.15, 0.2) is 0 Å². The first-order valence-electron chi connectivity index (χ1n) is 7.73. The average molecular weight is 300 g/mol. The van der Waals surface area contributed by atoms with E-state index >= 15 is 0 Å². The minimum absolute atomic E-state index is 0.0765. The quantitative estimate of drug-likeness (QED) is 0.671. The summed E-state index contributed by atoms with van der Waals surface area (Å²) in [6.45, 7) is 8.32. The van der Waals surface area contributed by atoms with Crippen molar-refractivity contribution in [2.24, 2.45) is 0 Å². The summed E-state index contributed by atoms with van der Waals surface area (Å²) < 4.78 is 12.1. The van der Waals surface area contributed by atoms with Crippen LogP contribution in [0.5, 0.6) is 0 Å². The van der Waals surface area contributed by atoms with Crippen molar-refractivity contribution in [3.8, 4) is 0 Å². The molecule has 1 aromatic rings. The van der Waals surface area contributed by atoms with Gasteiger partial charge in [-0.3, -0.25) is 0 Å². The van der Waals surface area contributed by atoms with E-state index in [0.717, 1.165) is 11.9 Å². The molecule has 0 unspecified atom stereocenters. The van der Waals surface area contributed by atoms with Gasteiger partial charge in [0.2, 0.25) is 0 Å². The van der Waals surface area contributed by atoms with Crippen molar-refractivity contribution in [1.29, 1.82) is 0 Å². The molecule has 3 nitrogen and oxygen atoms in total. The van der Waals surface area contributed by atoms with Crippen LogP contribution >= 0.6 is 0 Å². The third-order valence-corrected chi connectivity index (χ3v) is 4.35. The minimum atomic E-state index is -0.307. The predicted octanol–water partition coefficient (Wildman–Crippen LogP) is 2.63. The van der Waals surface area contributed by atoms with Gasteiger partial charge in [0.25, 0.3) is 0 Å². The molecule has 1 aliphatic heterocycles. The van der Waals surface area contributed by atoms with E-state index in [1.165, 1.54) is 5.56 Å². The van der Waals surface area contributed by atoms with Crippen LogP contribution in [-0.4, -0.2) is 30.0 Å². The SMILES string of the molecule is CC1(C)OB(c2ccc(C/C=C\C=C/CO)cc2)OC1(C)C. The van der Waals surface area contributed by atoms with Crippen molar-refractivity contribution in [1.82, 2.24) is 0 Å². The van der Waals surface area contributed by atoms with E-state index in [1.807, 2.05) is 12.2 Å². The Morgan fingerprint density at radius 1 is 0.955 bits per heavy atom. The minimum Gasteiger partial charge on any atom is -0.399 e. The van der Waals surface area contributed by atoms with Crippen LogP contribution in [0.3, 0.4) is 0 Å². The van der Waals surface area contributed by atoms with E-state index in [1.54, 1.807) is 6.08 Å². The van der Waals surface area contributed by atoms with E-state index in [4.69, 9.17) is 14.4 Å². The fourth-order valence-electron chi connectivity index (χ4n) is 2.21. The first kappa shape index (κ1) is 17.0. The number of rotatable bonds is 5. The molecule has 0 aromatic heterocycles. The Labute approximate surface area is 133 Å². The third kappa shape index (κ3) is 3.89. The lowest BCUT2D eigenvalue weighted by Crippen LogP contribution is -2.41. The molecule has 1 heterocycles. The largest absolute Gasteiger partial charge is 0.494 e. The molecule has 0 spiro atoms. The van der Waals surface area contributed by atoms with E-state index in [-0.39, 0.29) is 24.9 Å². The smallest absolute Gasteiger partial charge is 0.399 e. The standard InChI is InChI=1S/C18H25BO3/c1-17(2)18(3,4)22-19(21-17)16-12-10-15(11-13-16)9-7-5-6-8-14-20/h5-8,10-13,20H,9,14H2,1-4H3/b7-5-,8-6-. The number of aliphatic hydroxyl groups is 1. The van der Waals surface area contributed by atoms with Gasteiger partial charge < -0.3 is 14.4 Å². The first-order valence-corrected chi connectivity index (χ1v) is 7.73. The lowest BCUT2D eigenvalue weighted by Gasteiger charge is -2.32. The molecule has 1 aliphatic rings. The molecule has 0 radical (unpaired) electrons. The van der Waals surface area contributed by atoms with Crippen molar-refractivity contribution in [3.63, 3.8) is 0 Å². The summed E-state index contributed by atoms with van der Waals surface area (Å²) in [5.41, 5.74) is 1.66. The van der Waals surface area contributed by atoms with Crippen LogP contribution in [0, 0.1) is 0 Å². The highest BCUT2D eigenvalue weighted by Gasteiger charge is 2.51. The van der Waals surface area contributed by atoms with E-state index in [2.05, 4.69) is 58.0 Å². The molecule has 1 N–H and O–H groups in total. The molecule has 2 rings (SSSR count). The zero-order valence-electron chi connectivity index (χ0n) is 13.9. The lowest BCUT2D eigenvalue weighted by atomic mass is 9.79. The highest BCUT2D eigenvalue weighted by atomic mass is 16.7. The van der Waals surface area contributed by atoms with E-state index < -0.39 is 0 Å². The Morgan fingerprint density at radius 2 is 1.50 bits per heavy atom. The van der Waals surface area contributed by atoms with Gasteiger partial charge in [0, 0.05) is 0 Å². The maximum atomic E-state index is 8.65. The normalized spacial score (nSPS) is 20.3. The molecule has 1 aromatic carbocycles. The highest BCUT2D eigenvalue weighted by molar-refractivity contribution is 6.62. The summed E-state index contributed by atoms with van der Waals surface area (Å²) >= 11 is 0. The zero-order valence-corrected chi connectivity index (χ0v) is 13.9. The Bertz CT molecular complexity index is 528. The van der Waals surface area contributed by atoms with Crippen molar-refractivity contribution >= 4 is 12.6 Å². The molecule has 4 heteroatoms. The van der Waals surface area contributed by atoms with Gasteiger partial charge in [-0.15, -0.1) is 0 Å². The van der Waals surface area contributed by atoms with Crippen LogP contribution in [0.25, 0.3) is 0 Å².